The van der Waals surface area contributed by atoms with Gasteiger partial charge in [0.05, 0.1) is 17.7 Å². The van der Waals surface area contributed by atoms with Crippen LogP contribution in [0.25, 0.3) is 6.08 Å². The minimum absolute atomic E-state index is 0.119. The Morgan fingerprint density at radius 1 is 1.00 bits per heavy atom. The molecule has 0 bridgehead atoms. The number of aliphatic imine (C=N–C) groups is 1. The van der Waals surface area contributed by atoms with E-state index in [9.17, 15) is 9.59 Å². The van der Waals surface area contributed by atoms with Crippen molar-refractivity contribution in [1.29, 1.82) is 0 Å². The van der Waals surface area contributed by atoms with Gasteiger partial charge < -0.3 is 14.2 Å². The van der Waals surface area contributed by atoms with Crippen molar-refractivity contribution < 1.29 is 23.8 Å². The summed E-state index contributed by atoms with van der Waals surface area (Å²) in [5.41, 5.74) is 1.69. The van der Waals surface area contributed by atoms with Crippen LogP contribution in [0, 0.1) is 0 Å². The Hall–Kier alpha value is -3.61. The van der Waals surface area contributed by atoms with Gasteiger partial charge in [-0.05, 0) is 72.3 Å². The van der Waals surface area contributed by atoms with Crippen LogP contribution in [0.2, 0.25) is 10.0 Å². The molecule has 4 rings (SSSR count). The molecule has 3 aromatic carbocycles. The second-order valence-corrected chi connectivity index (χ2v) is 7.49. The maximum Gasteiger partial charge on any atom is 0.363 e. The molecule has 0 N–H and O–H groups in total. The first-order chi connectivity index (χ1) is 15.4. The van der Waals surface area contributed by atoms with Gasteiger partial charge in [-0.1, -0.05) is 29.3 Å². The number of hydrogen-bond acceptors (Lipinski definition) is 6. The van der Waals surface area contributed by atoms with Crippen LogP contribution in [-0.4, -0.2) is 24.9 Å². The third kappa shape index (κ3) is 4.82. The first-order valence-electron chi connectivity index (χ1n) is 9.37. The van der Waals surface area contributed by atoms with Gasteiger partial charge in [-0.15, -0.1) is 0 Å². The number of halogens is 2. The fourth-order valence-electron chi connectivity index (χ4n) is 2.86. The van der Waals surface area contributed by atoms with Crippen molar-refractivity contribution in [3.63, 3.8) is 0 Å². The highest BCUT2D eigenvalue weighted by Crippen LogP contribution is 2.28. The zero-order valence-electron chi connectivity index (χ0n) is 16.7. The average Bonchev–Trinajstić information content (AvgIpc) is 3.16. The van der Waals surface area contributed by atoms with Crippen LogP contribution in [0.5, 0.6) is 11.5 Å². The smallest absolute Gasteiger partial charge is 0.363 e. The van der Waals surface area contributed by atoms with E-state index in [1.165, 1.54) is 6.08 Å². The summed E-state index contributed by atoms with van der Waals surface area (Å²) in [6, 6.07) is 18.0. The molecule has 0 aliphatic carbocycles. The van der Waals surface area contributed by atoms with Crippen LogP contribution >= 0.6 is 23.2 Å². The number of rotatable bonds is 5. The van der Waals surface area contributed by atoms with E-state index in [0.717, 1.165) is 0 Å². The van der Waals surface area contributed by atoms with Gasteiger partial charge in [0.1, 0.15) is 11.5 Å². The van der Waals surface area contributed by atoms with Crippen LogP contribution in [0.4, 0.5) is 0 Å². The van der Waals surface area contributed by atoms with Gasteiger partial charge in [-0.25, -0.2) is 14.6 Å². The number of methoxy groups -OCH3 is 1. The Balaban J connectivity index is 1.51. The van der Waals surface area contributed by atoms with Crippen molar-refractivity contribution in [3.05, 3.63) is 99.2 Å². The highest BCUT2D eigenvalue weighted by atomic mass is 35.5. The molecule has 0 unspecified atom stereocenters. The molecule has 0 amide bonds. The van der Waals surface area contributed by atoms with E-state index in [-0.39, 0.29) is 22.4 Å². The molecule has 0 atom stereocenters. The lowest BCUT2D eigenvalue weighted by Crippen LogP contribution is -2.08. The summed E-state index contributed by atoms with van der Waals surface area (Å²) in [5, 5.41) is 0.770. The van der Waals surface area contributed by atoms with E-state index < -0.39 is 11.9 Å². The number of benzene rings is 3. The van der Waals surface area contributed by atoms with Crippen LogP contribution in [0.1, 0.15) is 21.5 Å². The van der Waals surface area contributed by atoms with E-state index in [2.05, 4.69) is 4.99 Å². The van der Waals surface area contributed by atoms with Crippen molar-refractivity contribution in [2.45, 2.75) is 0 Å². The number of ether oxygens (including phenoxy) is 3. The lowest BCUT2D eigenvalue weighted by molar-refractivity contribution is -0.129. The predicted octanol–water partition coefficient (Wildman–Crippen LogP) is 5.57. The summed E-state index contributed by atoms with van der Waals surface area (Å²) < 4.78 is 15.7. The maximum atomic E-state index is 12.3. The first-order valence-corrected chi connectivity index (χ1v) is 10.1. The fraction of sp³-hybridized carbons (Fsp3) is 0.0417. The second kappa shape index (κ2) is 9.26. The Kier molecular flexibility index (Phi) is 6.25. The molecule has 0 fully saturated rings. The number of nitrogens with zero attached hydrogens (tertiary/aromatic N) is 1. The van der Waals surface area contributed by atoms with Gasteiger partial charge in [0.2, 0.25) is 5.90 Å². The van der Waals surface area contributed by atoms with Crippen molar-refractivity contribution in [1.82, 2.24) is 0 Å². The van der Waals surface area contributed by atoms with Gasteiger partial charge in [0.25, 0.3) is 0 Å². The van der Waals surface area contributed by atoms with Crippen molar-refractivity contribution in [3.8, 4) is 11.5 Å². The van der Waals surface area contributed by atoms with Crippen molar-refractivity contribution in [2.75, 3.05) is 7.11 Å². The zero-order chi connectivity index (χ0) is 22.7. The first kappa shape index (κ1) is 21.6. The predicted molar refractivity (Wildman–Crippen MR) is 121 cm³/mol. The molecule has 160 valence electrons. The number of esters is 2. The summed E-state index contributed by atoms with van der Waals surface area (Å²) in [6.45, 7) is 0. The van der Waals surface area contributed by atoms with Gasteiger partial charge in [-0.2, -0.15) is 0 Å². The molecule has 0 aromatic heterocycles. The van der Waals surface area contributed by atoms with E-state index in [4.69, 9.17) is 37.4 Å². The molecule has 0 spiro atoms. The molecular weight excluding hydrogens is 453 g/mol. The Morgan fingerprint density at radius 3 is 2.38 bits per heavy atom. The highest BCUT2D eigenvalue weighted by molar-refractivity contribution is 6.32. The normalized spacial score (nSPS) is 14.2. The molecule has 32 heavy (non-hydrogen) atoms. The second-order valence-electron chi connectivity index (χ2n) is 6.65. The van der Waals surface area contributed by atoms with Crippen LogP contribution in [-0.2, 0) is 9.53 Å². The van der Waals surface area contributed by atoms with Crippen LogP contribution in [0.3, 0.4) is 0 Å². The van der Waals surface area contributed by atoms with Crippen molar-refractivity contribution in [2.24, 2.45) is 4.99 Å². The average molecular weight is 468 g/mol. The molecule has 0 saturated heterocycles. The molecular formula is C24H15Cl2NO5. The number of carbonyl (C=O) groups is 2. The monoisotopic (exact) mass is 467 g/mol. The molecule has 8 heteroatoms. The Labute approximate surface area is 193 Å². The van der Waals surface area contributed by atoms with Gasteiger partial charge in [0, 0.05) is 10.6 Å². The van der Waals surface area contributed by atoms with Crippen LogP contribution < -0.4 is 9.47 Å². The van der Waals surface area contributed by atoms with E-state index >= 15 is 0 Å². The van der Waals surface area contributed by atoms with E-state index in [1.54, 1.807) is 73.8 Å². The topological polar surface area (TPSA) is 74.2 Å². The van der Waals surface area contributed by atoms with Gasteiger partial charge in [-0.3, -0.25) is 0 Å². The van der Waals surface area contributed by atoms with Gasteiger partial charge >= 0.3 is 11.9 Å². The lowest BCUT2D eigenvalue weighted by Gasteiger charge is -2.07. The SMILES string of the molecule is COc1ccc(C(=O)Oc2ccc(/C=C3\N=C(c4ccc(Cl)cc4)OC3=O)cc2Cl)cc1. The van der Waals surface area contributed by atoms with Gasteiger partial charge in [0.15, 0.2) is 5.70 Å². The molecule has 0 radical (unpaired) electrons. The summed E-state index contributed by atoms with van der Waals surface area (Å²) in [7, 11) is 1.54. The Morgan fingerprint density at radius 2 is 1.72 bits per heavy atom. The zero-order valence-corrected chi connectivity index (χ0v) is 18.2. The fourth-order valence-corrected chi connectivity index (χ4v) is 3.21. The number of carbonyl (C=O) groups excluding carboxylic acids is 2. The summed E-state index contributed by atoms with van der Waals surface area (Å²) >= 11 is 12.2. The molecule has 1 heterocycles. The Bertz CT molecular complexity index is 1250. The maximum absolute atomic E-state index is 12.3. The number of hydrogen-bond donors (Lipinski definition) is 0. The summed E-state index contributed by atoms with van der Waals surface area (Å²) in [4.78, 5) is 28.8. The molecule has 0 saturated carbocycles. The third-order valence-corrected chi connectivity index (χ3v) is 5.05. The highest BCUT2D eigenvalue weighted by Gasteiger charge is 2.24. The summed E-state index contributed by atoms with van der Waals surface area (Å²) in [6.07, 6.45) is 1.53. The standard InChI is InChI=1S/C24H15Cl2NO5/c1-30-18-9-5-16(6-10-18)23(28)31-21-11-2-14(12-19(21)26)13-20-24(29)32-22(27-20)15-3-7-17(25)8-4-15/h2-13H,1H3/b20-13-. The quantitative estimate of drug-likeness (QED) is 0.278. The number of cyclic esters (lactones) is 1. The lowest BCUT2D eigenvalue weighted by atomic mass is 10.2. The largest absolute Gasteiger partial charge is 0.497 e. The molecule has 6 nitrogen and oxygen atoms in total. The minimum atomic E-state index is -0.582. The van der Waals surface area contributed by atoms with Crippen molar-refractivity contribution >= 4 is 47.1 Å². The van der Waals surface area contributed by atoms with E-state index in [0.29, 0.717) is 27.5 Å². The molecule has 3 aromatic rings. The molecule has 1 aliphatic rings. The minimum Gasteiger partial charge on any atom is -0.497 e. The third-order valence-electron chi connectivity index (χ3n) is 4.50. The summed E-state index contributed by atoms with van der Waals surface area (Å²) in [5.74, 6) is -0.134. The van der Waals surface area contributed by atoms with E-state index in [1.807, 2.05) is 0 Å². The van der Waals surface area contributed by atoms with Crippen LogP contribution in [0.15, 0.2) is 77.4 Å². The molecule has 1 aliphatic heterocycles.